The third-order valence-corrected chi connectivity index (χ3v) is 5.07. The van der Waals surface area contributed by atoms with Crippen LogP contribution in [0.2, 0.25) is 0 Å². The molecule has 1 amide bonds. The van der Waals surface area contributed by atoms with E-state index in [1.54, 1.807) is 6.07 Å². The van der Waals surface area contributed by atoms with Gasteiger partial charge >= 0.3 is 0 Å². The highest BCUT2D eigenvalue weighted by Crippen LogP contribution is 2.29. The molecule has 1 aliphatic carbocycles. The summed E-state index contributed by atoms with van der Waals surface area (Å²) in [6.45, 7) is 2.64. The van der Waals surface area contributed by atoms with E-state index in [0.29, 0.717) is 5.56 Å². The van der Waals surface area contributed by atoms with Crippen LogP contribution in [0, 0.1) is 0 Å². The molecule has 2 heterocycles. The first-order valence-corrected chi connectivity index (χ1v) is 8.67. The van der Waals surface area contributed by atoms with Crippen molar-refractivity contribution in [1.82, 2.24) is 20.4 Å². The number of piperidine rings is 1. The van der Waals surface area contributed by atoms with Gasteiger partial charge < -0.3 is 15.3 Å². The van der Waals surface area contributed by atoms with Gasteiger partial charge in [0.1, 0.15) is 0 Å². The van der Waals surface area contributed by atoms with Crippen molar-refractivity contribution in [3.8, 4) is 0 Å². The summed E-state index contributed by atoms with van der Waals surface area (Å²) in [4.78, 5) is 14.5. The lowest BCUT2D eigenvalue weighted by Crippen LogP contribution is -2.50. The zero-order valence-electron chi connectivity index (χ0n) is 13.6. The van der Waals surface area contributed by atoms with Crippen LogP contribution in [0.5, 0.6) is 0 Å². The summed E-state index contributed by atoms with van der Waals surface area (Å²) in [7, 11) is 0. The van der Waals surface area contributed by atoms with Crippen LogP contribution in [0.4, 0.5) is 0 Å². The van der Waals surface area contributed by atoms with Gasteiger partial charge in [-0.05, 0) is 31.7 Å². The lowest BCUT2D eigenvalue weighted by atomic mass is 9.84. The zero-order valence-corrected chi connectivity index (χ0v) is 13.6. The molecular formula is C17H26N4O2. The van der Waals surface area contributed by atoms with E-state index in [-0.39, 0.29) is 11.9 Å². The molecule has 3 rings (SSSR count). The second-order valence-corrected chi connectivity index (χ2v) is 6.94. The molecule has 1 saturated carbocycles. The molecule has 0 spiro atoms. The van der Waals surface area contributed by atoms with Crippen LogP contribution in [0.15, 0.2) is 18.5 Å². The SMILES string of the molecule is O=C(NC1CCN(CC2(O)CCCCC2)CC1)c1ccnnc1. The Morgan fingerprint density at radius 3 is 2.65 bits per heavy atom. The largest absolute Gasteiger partial charge is 0.389 e. The Kier molecular flexibility index (Phi) is 5.23. The molecule has 126 valence electrons. The van der Waals surface area contributed by atoms with Crippen LogP contribution in [-0.4, -0.2) is 57.4 Å². The first kappa shape index (κ1) is 16.3. The minimum atomic E-state index is -0.489. The highest BCUT2D eigenvalue weighted by molar-refractivity contribution is 5.93. The quantitative estimate of drug-likeness (QED) is 0.876. The highest BCUT2D eigenvalue weighted by Gasteiger charge is 2.32. The van der Waals surface area contributed by atoms with Crippen molar-refractivity contribution in [3.63, 3.8) is 0 Å². The summed E-state index contributed by atoms with van der Waals surface area (Å²) in [5.41, 5.74) is 0.0655. The Labute approximate surface area is 137 Å². The number of amides is 1. The summed E-state index contributed by atoms with van der Waals surface area (Å²) >= 11 is 0. The van der Waals surface area contributed by atoms with Crippen molar-refractivity contribution in [2.75, 3.05) is 19.6 Å². The minimum Gasteiger partial charge on any atom is -0.389 e. The molecular weight excluding hydrogens is 292 g/mol. The maximum Gasteiger partial charge on any atom is 0.253 e. The predicted molar refractivity (Wildman–Crippen MR) is 87.0 cm³/mol. The number of aromatic nitrogens is 2. The second-order valence-electron chi connectivity index (χ2n) is 6.94. The van der Waals surface area contributed by atoms with E-state index in [4.69, 9.17) is 0 Å². The van der Waals surface area contributed by atoms with E-state index in [9.17, 15) is 9.90 Å². The van der Waals surface area contributed by atoms with Gasteiger partial charge in [-0.25, -0.2) is 0 Å². The molecule has 1 saturated heterocycles. The van der Waals surface area contributed by atoms with Crippen LogP contribution >= 0.6 is 0 Å². The molecule has 6 heteroatoms. The Morgan fingerprint density at radius 2 is 2.00 bits per heavy atom. The number of hydrogen-bond acceptors (Lipinski definition) is 5. The second kappa shape index (κ2) is 7.36. The molecule has 2 fully saturated rings. The smallest absolute Gasteiger partial charge is 0.253 e. The zero-order chi connectivity index (χ0) is 16.1. The van der Waals surface area contributed by atoms with Crippen molar-refractivity contribution in [3.05, 3.63) is 24.0 Å². The van der Waals surface area contributed by atoms with E-state index in [1.807, 2.05) is 0 Å². The van der Waals surface area contributed by atoms with Gasteiger partial charge in [0.2, 0.25) is 0 Å². The molecule has 1 aliphatic heterocycles. The van der Waals surface area contributed by atoms with E-state index < -0.39 is 5.60 Å². The minimum absolute atomic E-state index is 0.0794. The summed E-state index contributed by atoms with van der Waals surface area (Å²) in [5, 5.41) is 21.2. The number of hydrogen-bond donors (Lipinski definition) is 2. The van der Waals surface area contributed by atoms with Gasteiger partial charge in [-0.2, -0.15) is 10.2 Å². The summed E-state index contributed by atoms with van der Waals surface area (Å²) in [5.74, 6) is -0.0794. The Bertz CT molecular complexity index is 509. The van der Waals surface area contributed by atoms with Crippen LogP contribution in [-0.2, 0) is 0 Å². The molecule has 0 atom stereocenters. The van der Waals surface area contributed by atoms with Gasteiger partial charge in [-0.1, -0.05) is 19.3 Å². The van der Waals surface area contributed by atoms with E-state index >= 15 is 0 Å². The van der Waals surface area contributed by atoms with E-state index in [1.165, 1.54) is 18.8 Å². The Hall–Kier alpha value is -1.53. The van der Waals surface area contributed by atoms with E-state index in [0.717, 1.165) is 58.2 Å². The van der Waals surface area contributed by atoms with Gasteiger partial charge in [0, 0.05) is 25.7 Å². The summed E-state index contributed by atoms with van der Waals surface area (Å²) in [6.07, 6.45) is 10.3. The lowest BCUT2D eigenvalue weighted by Gasteiger charge is -2.40. The first-order chi connectivity index (χ1) is 11.1. The molecule has 1 aromatic heterocycles. The number of aliphatic hydroxyl groups is 1. The summed E-state index contributed by atoms with van der Waals surface area (Å²) in [6, 6.07) is 1.88. The molecule has 23 heavy (non-hydrogen) atoms. The average Bonchev–Trinajstić information content (AvgIpc) is 2.58. The maximum atomic E-state index is 12.1. The average molecular weight is 318 g/mol. The lowest BCUT2D eigenvalue weighted by molar-refractivity contribution is -0.0312. The first-order valence-electron chi connectivity index (χ1n) is 8.67. The predicted octanol–water partition coefficient (Wildman–Crippen LogP) is 1.37. The van der Waals surface area contributed by atoms with E-state index in [2.05, 4.69) is 20.4 Å². The topological polar surface area (TPSA) is 78.4 Å². The number of nitrogens with one attached hydrogen (secondary N) is 1. The normalized spacial score (nSPS) is 22.7. The van der Waals surface area contributed by atoms with Crippen molar-refractivity contribution in [2.45, 2.75) is 56.6 Å². The van der Waals surface area contributed by atoms with Gasteiger partial charge in [0.15, 0.2) is 0 Å². The number of nitrogens with zero attached hydrogens (tertiary/aromatic N) is 3. The standard InChI is InChI=1S/C17H26N4O2/c22-16(14-4-9-18-19-12-14)20-15-5-10-21(11-6-15)13-17(23)7-2-1-3-8-17/h4,9,12,15,23H,1-3,5-8,10-11,13H2,(H,20,22). The fraction of sp³-hybridized carbons (Fsp3) is 0.706. The van der Waals surface area contributed by atoms with Gasteiger partial charge in [-0.15, -0.1) is 0 Å². The molecule has 2 aliphatic rings. The summed E-state index contributed by atoms with van der Waals surface area (Å²) < 4.78 is 0. The molecule has 0 aromatic carbocycles. The monoisotopic (exact) mass is 318 g/mol. The Balaban J connectivity index is 1.44. The van der Waals surface area contributed by atoms with Crippen molar-refractivity contribution in [2.24, 2.45) is 0 Å². The molecule has 6 nitrogen and oxygen atoms in total. The van der Waals surface area contributed by atoms with Gasteiger partial charge in [-0.3, -0.25) is 4.79 Å². The number of rotatable bonds is 4. The Morgan fingerprint density at radius 1 is 1.26 bits per heavy atom. The van der Waals surface area contributed by atoms with Crippen LogP contribution < -0.4 is 5.32 Å². The van der Waals surface area contributed by atoms with Gasteiger partial charge in [0.05, 0.1) is 23.6 Å². The number of β-amino-alcohol motifs (C(OH)–C–C–N with tert-alkyl or cyclic N) is 1. The molecule has 0 unspecified atom stereocenters. The van der Waals surface area contributed by atoms with Crippen LogP contribution in [0.1, 0.15) is 55.3 Å². The maximum absolute atomic E-state index is 12.1. The molecule has 0 radical (unpaired) electrons. The molecule has 1 aromatic rings. The van der Waals surface area contributed by atoms with Crippen LogP contribution in [0.3, 0.4) is 0 Å². The number of carbonyl (C=O) groups excluding carboxylic acids is 1. The van der Waals surface area contributed by atoms with Crippen molar-refractivity contribution < 1.29 is 9.90 Å². The van der Waals surface area contributed by atoms with Gasteiger partial charge in [0.25, 0.3) is 5.91 Å². The van der Waals surface area contributed by atoms with Crippen molar-refractivity contribution in [1.29, 1.82) is 0 Å². The fourth-order valence-corrected chi connectivity index (χ4v) is 3.71. The van der Waals surface area contributed by atoms with Crippen LogP contribution in [0.25, 0.3) is 0 Å². The molecule has 0 bridgehead atoms. The number of likely N-dealkylation sites (tertiary alicyclic amines) is 1. The molecule has 2 N–H and O–H groups in total. The number of carbonyl (C=O) groups is 1. The fourth-order valence-electron chi connectivity index (χ4n) is 3.71. The van der Waals surface area contributed by atoms with Crippen molar-refractivity contribution >= 4 is 5.91 Å². The third kappa shape index (κ3) is 4.48. The third-order valence-electron chi connectivity index (χ3n) is 5.07. The highest BCUT2D eigenvalue weighted by atomic mass is 16.3.